The minimum Gasteiger partial charge on any atom is -0.369 e. The molecule has 0 unspecified atom stereocenters. The van der Waals surface area contributed by atoms with Crippen molar-refractivity contribution in [1.29, 1.82) is 0 Å². The maximum absolute atomic E-state index is 14.1. The number of rotatable bonds is 7. The average Bonchev–Trinajstić information content (AvgIpc) is 3.32. The van der Waals surface area contributed by atoms with E-state index in [1.807, 2.05) is 0 Å². The van der Waals surface area contributed by atoms with Crippen molar-refractivity contribution in [1.82, 2.24) is 24.6 Å². The highest BCUT2D eigenvalue weighted by Gasteiger charge is 2.13. The van der Waals surface area contributed by atoms with Crippen molar-refractivity contribution >= 4 is 16.9 Å². The number of nitrogens with zero attached hydrogens (tertiary/aromatic N) is 5. The van der Waals surface area contributed by atoms with Gasteiger partial charge >= 0.3 is 0 Å². The second kappa shape index (κ2) is 7.78. The van der Waals surface area contributed by atoms with Crippen LogP contribution in [0, 0.1) is 5.82 Å². The summed E-state index contributed by atoms with van der Waals surface area (Å²) >= 11 is 0. The van der Waals surface area contributed by atoms with Gasteiger partial charge in [0.15, 0.2) is 5.65 Å². The number of unbranched alkanes of at least 4 members (excludes halogenated alkanes) is 1. The van der Waals surface area contributed by atoms with Gasteiger partial charge in [-0.25, -0.2) is 19.0 Å². The lowest BCUT2D eigenvalue weighted by Crippen LogP contribution is -2.20. The molecule has 6 nitrogen and oxygen atoms in total. The van der Waals surface area contributed by atoms with Crippen LogP contribution in [0.15, 0.2) is 36.8 Å². The lowest BCUT2D eigenvalue weighted by Gasteiger charge is -2.14. The second-order valence-electron chi connectivity index (χ2n) is 6.65. The first kappa shape index (κ1) is 16.9. The van der Waals surface area contributed by atoms with E-state index in [1.54, 1.807) is 24.4 Å². The smallest absolute Gasteiger partial charge is 0.168 e. The number of likely N-dealkylation sites (tertiary alicyclic amines) is 1. The monoisotopic (exact) mass is 354 g/mol. The average molecular weight is 354 g/mol. The van der Waals surface area contributed by atoms with Crippen molar-refractivity contribution in [2.24, 2.45) is 0 Å². The van der Waals surface area contributed by atoms with Crippen LogP contribution < -0.4 is 5.32 Å². The van der Waals surface area contributed by atoms with Crippen molar-refractivity contribution < 1.29 is 4.39 Å². The molecule has 0 radical (unpaired) electrons. The summed E-state index contributed by atoms with van der Waals surface area (Å²) in [6, 6.07) is 6.56. The van der Waals surface area contributed by atoms with Crippen LogP contribution in [-0.4, -0.2) is 50.8 Å². The Kier molecular flexibility index (Phi) is 5.06. The zero-order chi connectivity index (χ0) is 17.8. The SMILES string of the molecule is Fc1ccccc1-n1ncc2c(NCCCCN3CCCC3)ncnc21. The molecule has 136 valence electrons. The summed E-state index contributed by atoms with van der Waals surface area (Å²) in [6.45, 7) is 4.52. The first-order chi connectivity index (χ1) is 12.8. The van der Waals surface area contributed by atoms with Gasteiger partial charge in [0.2, 0.25) is 0 Å². The number of fused-ring (bicyclic) bond motifs is 1. The Morgan fingerprint density at radius 2 is 1.92 bits per heavy atom. The first-order valence-corrected chi connectivity index (χ1v) is 9.23. The first-order valence-electron chi connectivity index (χ1n) is 9.23. The molecule has 2 aromatic heterocycles. The van der Waals surface area contributed by atoms with E-state index < -0.39 is 0 Å². The lowest BCUT2D eigenvalue weighted by molar-refractivity contribution is 0.331. The van der Waals surface area contributed by atoms with E-state index in [4.69, 9.17) is 0 Å². The fraction of sp³-hybridized carbons (Fsp3) is 0.421. The van der Waals surface area contributed by atoms with Crippen molar-refractivity contribution in [2.75, 3.05) is 31.5 Å². The number of hydrogen-bond donors (Lipinski definition) is 1. The van der Waals surface area contributed by atoms with Gasteiger partial charge in [0, 0.05) is 6.54 Å². The Hall–Kier alpha value is -2.54. The molecule has 1 saturated heterocycles. The van der Waals surface area contributed by atoms with Crippen LogP contribution in [0.5, 0.6) is 0 Å². The Labute approximate surface area is 152 Å². The summed E-state index contributed by atoms with van der Waals surface area (Å²) < 4.78 is 15.6. The molecule has 1 aliphatic heterocycles. The van der Waals surface area contributed by atoms with Crippen LogP contribution in [0.2, 0.25) is 0 Å². The predicted octanol–water partition coefficient (Wildman–Crippen LogP) is 3.24. The zero-order valence-corrected chi connectivity index (χ0v) is 14.7. The van der Waals surface area contributed by atoms with Gasteiger partial charge in [-0.2, -0.15) is 5.10 Å². The molecule has 0 spiro atoms. The number of benzene rings is 1. The van der Waals surface area contributed by atoms with Gasteiger partial charge in [0.25, 0.3) is 0 Å². The molecule has 1 aliphatic rings. The number of halogens is 1. The Balaban J connectivity index is 1.42. The van der Waals surface area contributed by atoms with Gasteiger partial charge in [-0.3, -0.25) is 0 Å². The largest absolute Gasteiger partial charge is 0.369 e. The summed E-state index contributed by atoms with van der Waals surface area (Å²) in [5, 5.41) is 8.49. The number of anilines is 1. The topological polar surface area (TPSA) is 58.9 Å². The molecule has 3 aromatic rings. The number of nitrogens with one attached hydrogen (secondary N) is 1. The van der Waals surface area contributed by atoms with Crippen molar-refractivity contribution in [2.45, 2.75) is 25.7 Å². The minimum absolute atomic E-state index is 0.326. The summed E-state index contributed by atoms with van der Waals surface area (Å²) in [6.07, 6.45) is 8.12. The van der Waals surface area contributed by atoms with E-state index in [1.165, 1.54) is 56.0 Å². The van der Waals surface area contributed by atoms with Crippen molar-refractivity contribution in [3.63, 3.8) is 0 Å². The van der Waals surface area contributed by atoms with E-state index in [9.17, 15) is 4.39 Å². The molecule has 0 aliphatic carbocycles. The molecule has 0 saturated carbocycles. The van der Waals surface area contributed by atoms with Gasteiger partial charge in [0.05, 0.1) is 11.6 Å². The number of aromatic nitrogens is 4. The molecule has 26 heavy (non-hydrogen) atoms. The standard InChI is InChI=1S/C19H23FN6/c20-16-7-1-2-8-17(16)26-19-15(13-24-26)18(22-14-23-19)21-9-3-4-10-25-11-5-6-12-25/h1-2,7-8,13-14H,3-6,9-12H2,(H,21,22,23). The van der Waals surface area contributed by atoms with Crippen LogP contribution >= 0.6 is 0 Å². The maximum Gasteiger partial charge on any atom is 0.168 e. The van der Waals surface area contributed by atoms with Crippen molar-refractivity contribution in [3.05, 3.63) is 42.6 Å². The number of hydrogen-bond acceptors (Lipinski definition) is 5. The predicted molar refractivity (Wildman–Crippen MR) is 100 cm³/mol. The third kappa shape index (κ3) is 3.53. The van der Waals surface area contributed by atoms with Crippen LogP contribution in [0.3, 0.4) is 0 Å². The molecule has 1 aromatic carbocycles. The molecule has 0 bridgehead atoms. The van der Waals surface area contributed by atoms with Crippen LogP contribution in [0.4, 0.5) is 10.2 Å². The van der Waals surface area contributed by atoms with E-state index in [-0.39, 0.29) is 5.82 Å². The molecule has 1 N–H and O–H groups in total. The summed E-state index contributed by atoms with van der Waals surface area (Å²) in [4.78, 5) is 11.2. The van der Waals surface area contributed by atoms with Gasteiger partial charge < -0.3 is 10.2 Å². The fourth-order valence-electron chi connectivity index (χ4n) is 3.46. The molecule has 0 amide bonds. The Morgan fingerprint density at radius 1 is 1.08 bits per heavy atom. The van der Waals surface area contributed by atoms with Crippen molar-refractivity contribution in [3.8, 4) is 5.69 Å². The number of para-hydroxylation sites is 1. The molecule has 4 rings (SSSR count). The van der Waals surface area contributed by atoms with E-state index in [0.29, 0.717) is 11.3 Å². The van der Waals surface area contributed by atoms with E-state index in [0.717, 1.165) is 24.2 Å². The molecule has 7 heteroatoms. The Bertz CT molecular complexity index is 871. The van der Waals surface area contributed by atoms with E-state index >= 15 is 0 Å². The van der Waals surface area contributed by atoms with E-state index in [2.05, 4.69) is 25.3 Å². The van der Waals surface area contributed by atoms with Crippen LogP contribution in [-0.2, 0) is 0 Å². The third-order valence-corrected chi connectivity index (χ3v) is 4.84. The van der Waals surface area contributed by atoms with Gasteiger partial charge in [-0.15, -0.1) is 0 Å². The second-order valence-corrected chi connectivity index (χ2v) is 6.65. The summed E-state index contributed by atoms with van der Waals surface area (Å²) in [7, 11) is 0. The fourth-order valence-corrected chi connectivity index (χ4v) is 3.46. The van der Waals surface area contributed by atoms with Gasteiger partial charge in [-0.05, 0) is 57.5 Å². The molecular weight excluding hydrogens is 331 g/mol. The molecule has 3 heterocycles. The minimum atomic E-state index is -0.326. The summed E-state index contributed by atoms with van der Waals surface area (Å²) in [5.41, 5.74) is 0.988. The van der Waals surface area contributed by atoms with Crippen LogP contribution in [0.1, 0.15) is 25.7 Å². The Morgan fingerprint density at radius 3 is 2.77 bits per heavy atom. The highest BCUT2D eigenvalue weighted by atomic mass is 19.1. The quantitative estimate of drug-likeness (QED) is 0.660. The molecule has 0 atom stereocenters. The summed E-state index contributed by atoms with van der Waals surface area (Å²) in [5.74, 6) is 0.422. The van der Waals surface area contributed by atoms with Gasteiger partial charge in [-0.1, -0.05) is 12.1 Å². The normalized spacial score (nSPS) is 15.0. The third-order valence-electron chi connectivity index (χ3n) is 4.84. The molecular formula is C19H23FN6. The lowest BCUT2D eigenvalue weighted by atomic mass is 10.3. The highest BCUT2D eigenvalue weighted by Crippen LogP contribution is 2.22. The molecule has 1 fully saturated rings. The maximum atomic E-state index is 14.1. The van der Waals surface area contributed by atoms with Gasteiger partial charge in [0.1, 0.15) is 23.6 Å². The zero-order valence-electron chi connectivity index (χ0n) is 14.7. The van der Waals surface area contributed by atoms with Crippen LogP contribution in [0.25, 0.3) is 16.7 Å². The highest BCUT2D eigenvalue weighted by molar-refractivity contribution is 5.87.